The zero-order valence-electron chi connectivity index (χ0n) is 20.1. The number of hydrogen-bond acceptors (Lipinski definition) is 4. The van der Waals surface area contributed by atoms with E-state index in [1.165, 1.54) is 0 Å². The van der Waals surface area contributed by atoms with E-state index in [-0.39, 0.29) is 11.1 Å². The van der Waals surface area contributed by atoms with Gasteiger partial charge in [-0.1, -0.05) is 80.0 Å². The Morgan fingerprint density at radius 2 is 1.71 bits per heavy atom. The molecular formula is C27H29ClN4O2. The molecule has 4 rings (SSSR count). The first-order valence-corrected chi connectivity index (χ1v) is 11.7. The Hall–Kier alpha value is -3.38. The molecular weight excluding hydrogens is 448 g/mol. The molecule has 6 nitrogen and oxygen atoms in total. The SMILES string of the molecule is CC(C)c1cnc2c(N(Cc3ccc(-c4ccccc4)cc3)C(=O)OC(C)(C)C)cc(Cl)nn12. The Bertz CT molecular complexity index is 1290. The zero-order valence-corrected chi connectivity index (χ0v) is 20.9. The van der Waals surface area contributed by atoms with E-state index in [0.29, 0.717) is 17.9 Å². The predicted octanol–water partition coefficient (Wildman–Crippen LogP) is 7.11. The molecule has 0 atom stereocenters. The highest BCUT2D eigenvalue weighted by molar-refractivity contribution is 6.29. The molecule has 0 fully saturated rings. The summed E-state index contributed by atoms with van der Waals surface area (Å²) < 4.78 is 7.46. The van der Waals surface area contributed by atoms with Gasteiger partial charge in [0.2, 0.25) is 0 Å². The summed E-state index contributed by atoms with van der Waals surface area (Å²) in [7, 11) is 0. The van der Waals surface area contributed by atoms with E-state index in [2.05, 4.69) is 48.2 Å². The van der Waals surface area contributed by atoms with Crippen LogP contribution in [0.5, 0.6) is 0 Å². The Kier molecular flexibility index (Phi) is 6.62. The fourth-order valence-electron chi connectivity index (χ4n) is 3.71. The minimum Gasteiger partial charge on any atom is -0.443 e. The van der Waals surface area contributed by atoms with Crippen LogP contribution in [-0.2, 0) is 11.3 Å². The predicted molar refractivity (Wildman–Crippen MR) is 136 cm³/mol. The van der Waals surface area contributed by atoms with Gasteiger partial charge in [-0.2, -0.15) is 5.10 Å². The number of ether oxygens (including phenoxy) is 1. The second-order valence-corrected chi connectivity index (χ2v) is 9.94. The summed E-state index contributed by atoms with van der Waals surface area (Å²) in [6.07, 6.45) is 1.30. The number of nitrogens with zero attached hydrogens (tertiary/aromatic N) is 4. The number of aromatic nitrogens is 3. The highest BCUT2D eigenvalue weighted by atomic mass is 35.5. The van der Waals surface area contributed by atoms with Gasteiger partial charge in [-0.3, -0.25) is 4.90 Å². The van der Waals surface area contributed by atoms with Gasteiger partial charge in [0.25, 0.3) is 0 Å². The van der Waals surface area contributed by atoms with Gasteiger partial charge >= 0.3 is 6.09 Å². The molecule has 0 radical (unpaired) electrons. The molecule has 0 saturated carbocycles. The molecule has 4 aromatic rings. The summed E-state index contributed by atoms with van der Waals surface area (Å²) in [5.74, 6) is 0.189. The van der Waals surface area contributed by atoms with Crippen LogP contribution in [0.3, 0.4) is 0 Å². The van der Waals surface area contributed by atoms with Crippen molar-refractivity contribution in [3.8, 4) is 11.1 Å². The second-order valence-electron chi connectivity index (χ2n) is 9.55. The first-order chi connectivity index (χ1) is 16.1. The normalized spacial score (nSPS) is 11.7. The smallest absolute Gasteiger partial charge is 0.415 e. The number of amides is 1. The van der Waals surface area contributed by atoms with E-state index in [1.54, 1.807) is 21.7 Å². The minimum absolute atomic E-state index is 0.189. The van der Waals surface area contributed by atoms with Gasteiger partial charge in [-0.15, -0.1) is 0 Å². The summed E-state index contributed by atoms with van der Waals surface area (Å²) in [4.78, 5) is 19.5. The first kappa shape index (κ1) is 23.8. The zero-order chi connectivity index (χ0) is 24.5. The second kappa shape index (κ2) is 9.47. The Labute approximate surface area is 205 Å². The molecule has 0 spiro atoms. The van der Waals surface area contributed by atoms with Gasteiger partial charge in [0.05, 0.1) is 24.1 Å². The maximum atomic E-state index is 13.4. The van der Waals surface area contributed by atoms with E-state index < -0.39 is 11.7 Å². The average molecular weight is 477 g/mol. The quantitative estimate of drug-likeness (QED) is 0.308. The first-order valence-electron chi connectivity index (χ1n) is 11.3. The van der Waals surface area contributed by atoms with Gasteiger partial charge in [-0.05, 0) is 43.4 Å². The van der Waals surface area contributed by atoms with E-state index in [1.807, 2.05) is 51.1 Å². The third-order valence-electron chi connectivity index (χ3n) is 5.34. The monoisotopic (exact) mass is 476 g/mol. The van der Waals surface area contributed by atoms with Crippen LogP contribution in [0.2, 0.25) is 5.15 Å². The number of carbonyl (C=O) groups is 1. The van der Waals surface area contributed by atoms with Crippen molar-refractivity contribution in [1.82, 2.24) is 14.6 Å². The lowest BCUT2D eigenvalue weighted by molar-refractivity contribution is 0.0577. The summed E-state index contributed by atoms with van der Waals surface area (Å²) >= 11 is 6.39. The molecule has 0 unspecified atom stereocenters. The van der Waals surface area contributed by atoms with Crippen molar-refractivity contribution in [2.75, 3.05) is 4.90 Å². The highest BCUT2D eigenvalue weighted by Crippen LogP contribution is 2.30. The third-order valence-corrected chi connectivity index (χ3v) is 5.53. The fourth-order valence-corrected chi connectivity index (χ4v) is 3.89. The van der Waals surface area contributed by atoms with Crippen LogP contribution in [0.4, 0.5) is 10.5 Å². The van der Waals surface area contributed by atoms with Crippen LogP contribution in [0.1, 0.15) is 51.8 Å². The number of anilines is 1. The fraction of sp³-hybridized carbons (Fsp3) is 0.296. The van der Waals surface area contributed by atoms with E-state index in [4.69, 9.17) is 16.3 Å². The molecule has 2 aromatic carbocycles. The number of carbonyl (C=O) groups excluding carboxylic acids is 1. The van der Waals surface area contributed by atoms with Crippen molar-refractivity contribution in [2.24, 2.45) is 0 Å². The topological polar surface area (TPSA) is 59.7 Å². The molecule has 0 aliphatic heterocycles. The largest absolute Gasteiger partial charge is 0.443 e. The Balaban J connectivity index is 1.75. The Morgan fingerprint density at radius 1 is 1.06 bits per heavy atom. The van der Waals surface area contributed by atoms with Crippen molar-refractivity contribution in [1.29, 1.82) is 0 Å². The summed E-state index contributed by atoms with van der Waals surface area (Å²) in [5.41, 5.74) is 4.56. The molecule has 34 heavy (non-hydrogen) atoms. The average Bonchev–Trinajstić information content (AvgIpc) is 3.21. The van der Waals surface area contributed by atoms with Crippen LogP contribution in [0.15, 0.2) is 66.9 Å². The van der Waals surface area contributed by atoms with Crippen LogP contribution < -0.4 is 4.90 Å². The molecule has 176 valence electrons. The number of fused-ring (bicyclic) bond motifs is 1. The van der Waals surface area contributed by atoms with Crippen LogP contribution in [-0.4, -0.2) is 26.3 Å². The molecule has 2 heterocycles. The van der Waals surface area contributed by atoms with Gasteiger partial charge in [0, 0.05) is 6.07 Å². The van der Waals surface area contributed by atoms with Crippen molar-refractivity contribution >= 4 is 29.0 Å². The van der Waals surface area contributed by atoms with Gasteiger partial charge in [0.15, 0.2) is 10.8 Å². The summed E-state index contributed by atoms with van der Waals surface area (Å²) in [5, 5.41) is 4.70. The van der Waals surface area contributed by atoms with Gasteiger partial charge < -0.3 is 4.74 Å². The Morgan fingerprint density at radius 3 is 2.32 bits per heavy atom. The highest BCUT2D eigenvalue weighted by Gasteiger charge is 2.27. The van der Waals surface area contributed by atoms with E-state index >= 15 is 0 Å². The molecule has 0 N–H and O–H groups in total. The lowest BCUT2D eigenvalue weighted by Gasteiger charge is -2.28. The molecule has 2 aromatic heterocycles. The van der Waals surface area contributed by atoms with Crippen molar-refractivity contribution < 1.29 is 9.53 Å². The van der Waals surface area contributed by atoms with Crippen LogP contribution >= 0.6 is 11.6 Å². The molecule has 1 amide bonds. The number of hydrogen-bond donors (Lipinski definition) is 0. The lowest BCUT2D eigenvalue weighted by atomic mass is 10.0. The standard InChI is InChI=1S/C27H29ClN4O2/c1-18(2)23-16-29-25-22(15-24(28)30-32(23)25)31(26(33)34-27(3,4)5)17-19-11-13-21(14-12-19)20-9-7-6-8-10-20/h6-16,18H,17H2,1-5H3. The van der Waals surface area contributed by atoms with Crippen molar-refractivity contribution in [3.05, 3.63) is 83.3 Å². The molecule has 0 aliphatic rings. The molecule has 0 aliphatic carbocycles. The van der Waals surface area contributed by atoms with Crippen LogP contribution in [0.25, 0.3) is 16.8 Å². The molecule has 0 saturated heterocycles. The number of rotatable bonds is 5. The van der Waals surface area contributed by atoms with E-state index in [0.717, 1.165) is 22.4 Å². The lowest BCUT2D eigenvalue weighted by Crippen LogP contribution is -2.37. The van der Waals surface area contributed by atoms with E-state index in [9.17, 15) is 4.79 Å². The van der Waals surface area contributed by atoms with Crippen molar-refractivity contribution in [3.63, 3.8) is 0 Å². The maximum absolute atomic E-state index is 13.4. The van der Waals surface area contributed by atoms with Gasteiger partial charge in [0.1, 0.15) is 5.60 Å². The number of halogens is 1. The maximum Gasteiger partial charge on any atom is 0.415 e. The summed E-state index contributed by atoms with van der Waals surface area (Å²) in [6.45, 7) is 9.96. The molecule has 0 bridgehead atoms. The summed E-state index contributed by atoms with van der Waals surface area (Å²) in [6, 6.07) is 20.0. The van der Waals surface area contributed by atoms with Crippen molar-refractivity contribution in [2.45, 2.75) is 52.7 Å². The van der Waals surface area contributed by atoms with Crippen LogP contribution in [0, 0.1) is 0 Å². The third kappa shape index (κ3) is 5.23. The van der Waals surface area contributed by atoms with Gasteiger partial charge in [-0.25, -0.2) is 14.3 Å². The number of benzene rings is 2. The minimum atomic E-state index is -0.655. The number of imidazole rings is 1. The molecule has 7 heteroatoms.